The molecule has 0 saturated carbocycles. The van der Waals surface area contributed by atoms with Gasteiger partial charge >= 0.3 is 0 Å². The molecule has 2 rings (SSSR count). The van der Waals surface area contributed by atoms with Crippen molar-refractivity contribution in [2.24, 2.45) is 0 Å². The Bertz CT molecular complexity index is 490. The molecule has 0 N–H and O–H groups in total. The lowest BCUT2D eigenvalue weighted by Gasteiger charge is -2.07. The molecule has 0 amide bonds. The maximum atomic E-state index is 5.92. The Labute approximate surface area is 110 Å². The monoisotopic (exact) mass is 265 g/mol. The van der Waals surface area contributed by atoms with Crippen LogP contribution in [0.1, 0.15) is 5.56 Å². The Morgan fingerprint density at radius 3 is 2.76 bits per heavy atom. The third kappa shape index (κ3) is 3.38. The van der Waals surface area contributed by atoms with Gasteiger partial charge in [-0.15, -0.1) is 11.8 Å². The maximum Gasteiger partial charge on any atom is 0.227 e. The van der Waals surface area contributed by atoms with Gasteiger partial charge in [-0.25, -0.2) is 4.98 Å². The zero-order valence-electron chi connectivity index (χ0n) is 9.39. The van der Waals surface area contributed by atoms with Crippen molar-refractivity contribution in [3.8, 4) is 5.88 Å². The largest absolute Gasteiger partial charge is 0.480 e. The summed E-state index contributed by atoms with van der Waals surface area (Å²) in [5, 5.41) is 0.626. The standard InChI is InChI=1S/C13H12ClNOS/c1-16-13-12(7-11(14)8-15-13)17-9-10-5-3-2-4-6-10/h2-8H,9H2,1H3. The minimum atomic E-state index is 0.621. The predicted octanol–water partition coefficient (Wildman–Crippen LogP) is 4.04. The van der Waals surface area contributed by atoms with E-state index in [1.165, 1.54) is 5.56 Å². The van der Waals surface area contributed by atoms with Gasteiger partial charge in [0.15, 0.2) is 0 Å². The van der Waals surface area contributed by atoms with Crippen molar-refractivity contribution in [3.05, 3.63) is 53.2 Å². The van der Waals surface area contributed by atoms with Gasteiger partial charge in [0.25, 0.3) is 0 Å². The van der Waals surface area contributed by atoms with Crippen molar-refractivity contribution in [3.63, 3.8) is 0 Å². The Balaban J connectivity index is 2.11. The topological polar surface area (TPSA) is 22.1 Å². The van der Waals surface area contributed by atoms with Crippen LogP contribution in [0.2, 0.25) is 5.02 Å². The lowest BCUT2D eigenvalue weighted by atomic mass is 10.2. The van der Waals surface area contributed by atoms with Gasteiger partial charge in [0, 0.05) is 11.9 Å². The molecule has 0 fully saturated rings. The fraction of sp³-hybridized carbons (Fsp3) is 0.154. The molecule has 4 heteroatoms. The number of rotatable bonds is 4. The molecule has 88 valence electrons. The number of methoxy groups -OCH3 is 1. The zero-order valence-corrected chi connectivity index (χ0v) is 11.0. The molecule has 0 saturated heterocycles. The maximum absolute atomic E-state index is 5.92. The summed E-state index contributed by atoms with van der Waals surface area (Å²) >= 11 is 7.59. The van der Waals surface area contributed by atoms with E-state index in [9.17, 15) is 0 Å². The number of ether oxygens (including phenoxy) is 1. The van der Waals surface area contributed by atoms with Crippen LogP contribution in [0.4, 0.5) is 0 Å². The second kappa shape index (κ2) is 5.94. The first-order valence-electron chi connectivity index (χ1n) is 5.16. The molecule has 1 aromatic heterocycles. The van der Waals surface area contributed by atoms with E-state index in [2.05, 4.69) is 17.1 Å². The van der Waals surface area contributed by atoms with E-state index < -0.39 is 0 Å². The number of aromatic nitrogens is 1. The van der Waals surface area contributed by atoms with Crippen LogP contribution >= 0.6 is 23.4 Å². The molecule has 0 unspecified atom stereocenters. The van der Waals surface area contributed by atoms with Crippen molar-refractivity contribution >= 4 is 23.4 Å². The SMILES string of the molecule is COc1ncc(Cl)cc1SCc1ccccc1. The van der Waals surface area contributed by atoms with Gasteiger partial charge in [0.05, 0.1) is 17.0 Å². The molecule has 0 spiro atoms. The summed E-state index contributed by atoms with van der Waals surface area (Å²) in [5.41, 5.74) is 1.26. The summed E-state index contributed by atoms with van der Waals surface area (Å²) in [6, 6.07) is 12.1. The van der Waals surface area contributed by atoms with E-state index in [0.29, 0.717) is 10.9 Å². The van der Waals surface area contributed by atoms with Crippen LogP contribution in [0.3, 0.4) is 0 Å². The number of hydrogen-bond acceptors (Lipinski definition) is 3. The Hall–Kier alpha value is -1.19. The first-order chi connectivity index (χ1) is 8.29. The van der Waals surface area contributed by atoms with Crippen LogP contribution < -0.4 is 4.74 Å². The molecule has 0 aliphatic heterocycles. The van der Waals surface area contributed by atoms with E-state index in [0.717, 1.165) is 10.6 Å². The molecule has 1 heterocycles. The van der Waals surface area contributed by atoms with Crippen molar-refractivity contribution in [2.45, 2.75) is 10.6 Å². The summed E-state index contributed by atoms with van der Waals surface area (Å²) in [4.78, 5) is 5.10. The Kier molecular flexibility index (Phi) is 4.29. The van der Waals surface area contributed by atoms with Crippen molar-refractivity contribution in [1.29, 1.82) is 0 Å². The fourth-order valence-electron chi connectivity index (χ4n) is 1.40. The minimum Gasteiger partial charge on any atom is -0.480 e. The molecule has 0 aliphatic rings. The van der Waals surface area contributed by atoms with Crippen LogP contribution in [0.5, 0.6) is 5.88 Å². The molecule has 0 aliphatic carbocycles. The van der Waals surface area contributed by atoms with Crippen molar-refractivity contribution in [1.82, 2.24) is 4.98 Å². The van der Waals surface area contributed by atoms with Crippen LogP contribution in [0, 0.1) is 0 Å². The molecule has 0 atom stereocenters. The van der Waals surface area contributed by atoms with E-state index in [1.807, 2.05) is 24.3 Å². The quantitative estimate of drug-likeness (QED) is 0.779. The number of hydrogen-bond donors (Lipinski definition) is 0. The summed E-state index contributed by atoms with van der Waals surface area (Å²) in [6.07, 6.45) is 1.59. The summed E-state index contributed by atoms with van der Waals surface area (Å²) in [7, 11) is 1.61. The highest BCUT2D eigenvalue weighted by atomic mass is 35.5. The van der Waals surface area contributed by atoms with Crippen LogP contribution in [0.15, 0.2) is 47.5 Å². The summed E-state index contributed by atoms with van der Waals surface area (Å²) < 4.78 is 5.20. The third-order valence-electron chi connectivity index (χ3n) is 2.22. The lowest BCUT2D eigenvalue weighted by Crippen LogP contribution is -1.90. The van der Waals surface area contributed by atoms with Gasteiger partial charge in [-0.1, -0.05) is 41.9 Å². The van der Waals surface area contributed by atoms with Gasteiger partial charge in [0.2, 0.25) is 5.88 Å². The molecular weight excluding hydrogens is 254 g/mol. The number of benzene rings is 1. The second-order valence-electron chi connectivity index (χ2n) is 3.44. The third-order valence-corrected chi connectivity index (χ3v) is 3.50. The number of halogens is 1. The summed E-state index contributed by atoms with van der Waals surface area (Å²) in [6.45, 7) is 0. The second-order valence-corrected chi connectivity index (χ2v) is 4.89. The first-order valence-corrected chi connectivity index (χ1v) is 6.52. The number of nitrogens with zero attached hydrogens (tertiary/aromatic N) is 1. The van der Waals surface area contributed by atoms with Crippen molar-refractivity contribution < 1.29 is 4.74 Å². The zero-order chi connectivity index (χ0) is 12.1. The lowest BCUT2D eigenvalue weighted by molar-refractivity contribution is 0.387. The van der Waals surface area contributed by atoms with Crippen LogP contribution in [0.25, 0.3) is 0 Å². The van der Waals surface area contributed by atoms with E-state index >= 15 is 0 Å². The molecule has 2 aromatic rings. The molecule has 2 nitrogen and oxygen atoms in total. The molecule has 17 heavy (non-hydrogen) atoms. The first kappa shape index (κ1) is 12.3. The average Bonchev–Trinajstić information content (AvgIpc) is 2.38. The number of pyridine rings is 1. The smallest absolute Gasteiger partial charge is 0.227 e. The van der Waals surface area contributed by atoms with E-state index in [-0.39, 0.29) is 0 Å². The van der Waals surface area contributed by atoms with E-state index in [4.69, 9.17) is 16.3 Å². The fourth-order valence-corrected chi connectivity index (χ4v) is 2.61. The van der Waals surface area contributed by atoms with Gasteiger partial charge in [-0.3, -0.25) is 0 Å². The highest BCUT2D eigenvalue weighted by molar-refractivity contribution is 7.98. The van der Waals surface area contributed by atoms with Crippen LogP contribution in [-0.2, 0) is 5.75 Å². The van der Waals surface area contributed by atoms with E-state index in [1.54, 1.807) is 25.1 Å². The molecule has 1 aromatic carbocycles. The normalized spacial score (nSPS) is 10.2. The van der Waals surface area contributed by atoms with Crippen LogP contribution in [-0.4, -0.2) is 12.1 Å². The molecular formula is C13H12ClNOS. The minimum absolute atomic E-state index is 0.621. The number of thioether (sulfide) groups is 1. The average molecular weight is 266 g/mol. The predicted molar refractivity (Wildman–Crippen MR) is 71.8 cm³/mol. The van der Waals surface area contributed by atoms with Crippen molar-refractivity contribution in [2.75, 3.05) is 7.11 Å². The van der Waals surface area contributed by atoms with Gasteiger partial charge in [0.1, 0.15) is 0 Å². The van der Waals surface area contributed by atoms with Gasteiger partial charge in [-0.05, 0) is 11.6 Å². The molecule has 0 bridgehead atoms. The highest BCUT2D eigenvalue weighted by Gasteiger charge is 2.06. The highest BCUT2D eigenvalue weighted by Crippen LogP contribution is 2.31. The van der Waals surface area contributed by atoms with Gasteiger partial charge < -0.3 is 4.74 Å². The Morgan fingerprint density at radius 2 is 2.06 bits per heavy atom. The Morgan fingerprint density at radius 1 is 1.29 bits per heavy atom. The molecule has 0 radical (unpaired) electrons. The summed E-state index contributed by atoms with van der Waals surface area (Å²) in [5.74, 6) is 1.49. The van der Waals surface area contributed by atoms with Gasteiger partial charge in [-0.2, -0.15) is 0 Å².